The molecule has 1 saturated heterocycles. The summed E-state index contributed by atoms with van der Waals surface area (Å²) in [6.07, 6.45) is -2.01. The van der Waals surface area contributed by atoms with Crippen LogP contribution >= 0.6 is 0 Å². The van der Waals surface area contributed by atoms with Gasteiger partial charge in [0.25, 0.3) is 6.43 Å². The van der Waals surface area contributed by atoms with Crippen molar-refractivity contribution < 1.29 is 27.7 Å². The standard InChI is InChI=1S/C21H23F2NO5/c1-13-18(25)9-20(29-11-16-10-26-6-7-27-16)24-5-4-14-8-15(28-12-19(22)23)2-3-17(14)21(13)24/h2-3,8-9,16,19H,4-7,10-12H2,1H3/t16-/m0/s1. The van der Waals surface area contributed by atoms with Gasteiger partial charge in [0.2, 0.25) is 0 Å². The highest BCUT2D eigenvalue weighted by atomic mass is 19.3. The van der Waals surface area contributed by atoms with E-state index in [0.717, 1.165) is 16.8 Å². The minimum Gasteiger partial charge on any atom is -0.488 e. The molecule has 2 aromatic rings. The zero-order chi connectivity index (χ0) is 20.4. The van der Waals surface area contributed by atoms with E-state index in [1.165, 1.54) is 6.07 Å². The van der Waals surface area contributed by atoms with E-state index >= 15 is 0 Å². The molecule has 8 heteroatoms. The van der Waals surface area contributed by atoms with Gasteiger partial charge >= 0.3 is 0 Å². The van der Waals surface area contributed by atoms with E-state index in [4.69, 9.17) is 18.9 Å². The first-order chi connectivity index (χ1) is 14.0. The fourth-order valence-corrected chi connectivity index (χ4v) is 3.72. The number of fused-ring (bicyclic) bond motifs is 3. The van der Waals surface area contributed by atoms with Crippen molar-refractivity contribution in [2.24, 2.45) is 0 Å². The Labute approximate surface area is 167 Å². The lowest BCUT2D eigenvalue weighted by atomic mass is 9.94. The maximum Gasteiger partial charge on any atom is 0.272 e. The van der Waals surface area contributed by atoms with Crippen molar-refractivity contribution in [3.63, 3.8) is 0 Å². The number of aromatic nitrogens is 1. The topological polar surface area (TPSA) is 58.9 Å². The minimum absolute atomic E-state index is 0.113. The number of nitrogens with zero attached hydrogens (tertiary/aromatic N) is 1. The number of halogens is 2. The number of alkyl halides is 2. The van der Waals surface area contributed by atoms with Crippen molar-refractivity contribution in [2.75, 3.05) is 33.0 Å². The largest absolute Gasteiger partial charge is 0.488 e. The highest BCUT2D eigenvalue weighted by Gasteiger charge is 2.24. The molecule has 0 saturated carbocycles. The molecule has 3 heterocycles. The third-order valence-electron chi connectivity index (χ3n) is 5.13. The zero-order valence-corrected chi connectivity index (χ0v) is 16.2. The van der Waals surface area contributed by atoms with Gasteiger partial charge < -0.3 is 23.5 Å². The summed E-state index contributed by atoms with van der Waals surface area (Å²) in [6, 6.07) is 6.75. The number of ether oxygens (including phenoxy) is 4. The number of pyridine rings is 1. The average Bonchev–Trinajstić information content (AvgIpc) is 2.73. The molecule has 0 aliphatic carbocycles. The van der Waals surface area contributed by atoms with Crippen LogP contribution in [0.15, 0.2) is 29.1 Å². The molecular weight excluding hydrogens is 384 g/mol. The van der Waals surface area contributed by atoms with E-state index in [1.54, 1.807) is 19.1 Å². The smallest absolute Gasteiger partial charge is 0.272 e. The highest BCUT2D eigenvalue weighted by Crippen LogP contribution is 2.35. The number of hydrogen-bond acceptors (Lipinski definition) is 5. The van der Waals surface area contributed by atoms with Gasteiger partial charge in [-0.3, -0.25) is 4.79 Å². The van der Waals surface area contributed by atoms with Gasteiger partial charge in [0.1, 0.15) is 25.1 Å². The zero-order valence-electron chi connectivity index (χ0n) is 16.2. The van der Waals surface area contributed by atoms with Gasteiger partial charge in [-0.2, -0.15) is 0 Å². The van der Waals surface area contributed by atoms with Crippen molar-refractivity contribution in [1.82, 2.24) is 4.57 Å². The van der Waals surface area contributed by atoms with Crippen LogP contribution in [0, 0.1) is 6.92 Å². The van der Waals surface area contributed by atoms with E-state index in [9.17, 15) is 13.6 Å². The van der Waals surface area contributed by atoms with Gasteiger partial charge in [-0.15, -0.1) is 0 Å². The maximum atomic E-state index is 12.6. The SMILES string of the molecule is Cc1c2n(c(OC[C@@H]3COCCO3)cc1=O)CCc1cc(OCC(F)F)ccc1-2. The first-order valence-electron chi connectivity index (χ1n) is 9.64. The molecule has 1 atom stereocenters. The van der Waals surface area contributed by atoms with Crippen LogP contribution in [-0.2, 0) is 22.4 Å². The second-order valence-corrected chi connectivity index (χ2v) is 7.12. The second-order valence-electron chi connectivity index (χ2n) is 7.12. The van der Waals surface area contributed by atoms with Crippen LogP contribution in [0.5, 0.6) is 11.6 Å². The molecule has 0 bridgehead atoms. The molecule has 2 aliphatic heterocycles. The number of aryl methyl sites for hydroxylation is 1. The third kappa shape index (κ3) is 4.28. The first kappa shape index (κ1) is 19.8. The van der Waals surface area contributed by atoms with Gasteiger partial charge in [0, 0.05) is 23.7 Å². The second kappa shape index (κ2) is 8.51. The summed E-state index contributed by atoms with van der Waals surface area (Å²) in [5.41, 5.74) is 3.14. The van der Waals surface area contributed by atoms with Crippen molar-refractivity contribution in [3.05, 3.63) is 45.6 Å². The molecule has 156 valence electrons. The molecule has 0 unspecified atom stereocenters. The Morgan fingerprint density at radius 3 is 2.86 bits per heavy atom. The van der Waals surface area contributed by atoms with Gasteiger partial charge in [-0.05, 0) is 37.1 Å². The van der Waals surface area contributed by atoms with Crippen LogP contribution in [0.1, 0.15) is 11.1 Å². The molecule has 0 radical (unpaired) electrons. The summed E-state index contributed by atoms with van der Waals surface area (Å²) < 4.78 is 48.9. The highest BCUT2D eigenvalue weighted by molar-refractivity contribution is 5.70. The average molecular weight is 407 g/mol. The van der Waals surface area contributed by atoms with Crippen molar-refractivity contribution >= 4 is 0 Å². The monoisotopic (exact) mass is 407 g/mol. The molecule has 29 heavy (non-hydrogen) atoms. The van der Waals surface area contributed by atoms with Gasteiger partial charge in [0.15, 0.2) is 11.3 Å². The number of benzene rings is 1. The summed E-state index contributed by atoms with van der Waals surface area (Å²) in [4.78, 5) is 12.6. The fraction of sp³-hybridized carbons (Fsp3) is 0.476. The third-order valence-corrected chi connectivity index (χ3v) is 5.13. The molecule has 6 nitrogen and oxygen atoms in total. The van der Waals surface area contributed by atoms with Crippen molar-refractivity contribution in [2.45, 2.75) is 32.4 Å². The Balaban J connectivity index is 1.63. The molecule has 0 N–H and O–H groups in total. The summed E-state index contributed by atoms with van der Waals surface area (Å²) in [6.45, 7) is 3.63. The number of hydrogen-bond donors (Lipinski definition) is 0. The number of rotatable bonds is 6. The fourth-order valence-electron chi connectivity index (χ4n) is 3.72. The summed E-state index contributed by atoms with van der Waals surface area (Å²) in [5.74, 6) is 0.896. The Bertz CT molecular complexity index is 937. The molecule has 0 amide bonds. The summed E-state index contributed by atoms with van der Waals surface area (Å²) in [5, 5.41) is 0. The molecule has 2 aliphatic rings. The van der Waals surface area contributed by atoms with Gasteiger partial charge in [0.05, 0.1) is 25.5 Å². The normalized spacial score (nSPS) is 18.3. The van der Waals surface area contributed by atoms with Crippen LogP contribution < -0.4 is 14.9 Å². The Morgan fingerprint density at radius 1 is 1.24 bits per heavy atom. The molecule has 0 spiro atoms. The van der Waals surface area contributed by atoms with E-state index in [1.807, 2.05) is 10.6 Å². The van der Waals surface area contributed by atoms with Crippen LogP contribution in [0.3, 0.4) is 0 Å². The minimum atomic E-state index is -2.52. The van der Waals surface area contributed by atoms with E-state index in [2.05, 4.69) is 0 Å². The molecular formula is C21H23F2NO5. The van der Waals surface area contributed by atoms with E-state index in [0.29, 0.717) is 56.6 Å². The first-order valence-corrected chi connectivity index (χ1v) is 9.64. The molecule has 1 aromatic heterocycles. The quantitative estimate of drug-likeness (QED) is 0.737. The van der Waals surface area contributed by atoms with Crippen LogP contribution in [-0.4, -0.2) is 50.1 Å². The van der Waals surface area contributed by atoms with Gasteiger partial charge in [-0.1, -0.05) is 0 Å². The van der Waals surface area contributed by atoms with Crippen LogP contribution in [0.4, 0.5) is 8.78 Å². The molecule has 1 aromatic carbocycles. The predicted molar refractivity (Wildman–Crippen MR) is 102 cm³/mol. The van der Waals surface area contributed by atoms with Crippen LogP contribution in [0.25, 0.3) is 11.3 Å². The molecule has 4 rings (SSSR count). The van der Waals surface area contributed by atoms with Crippen molar-refractivity contribution in [1.29, 1.82) is 0 Å². The van der Waals surface area contributed by atoms with E-state index in [-0.39, 0.29) is 11.5 Å². The Hall–Kier alpha value is -2.45. The van der Waals surface area contributed by atoms with Crippen LogP contribution in [0.2, 0.25) is 0 Å². The predicted octanol–water partition coefficient (Wildman–Crippen LogP) is 2.82. The summed E-state index contributed by atoms with van der Waals surface area (Å²) >= 11 is 0. The lowest BCUT2D eigenvalue weighted by Gasteiger charge is -2.28. The van der Waals surface area contributed by atoms with Gasteiger partial charge in [-0.25, -0.2) is 8.78 Å². The summed E-state index contributed by atoms with van der Waals surface area (Å²) in [7, 11) is 0. The Morgan fingerprint density at radius 2 is 2.10 bits per heavy atom. The lowest BCUT2D eigenvalue weighted by Crippen LogP contribution is -2.34. The molecule has 1 fully saturated rings. The Kier molecular flexibility index (Phi) is 5.82. The van der Waals surface area contributed by atoms with E-state index < -0.39 is 13.0 Å². The van der Waals surface area contributed by atoms with Crippen molar-refractivity contribution in [3.8, 4) is 22.9 Å². The maximum absolute atomic E-state index is 12.6. The lowest BCUT2D eigenvalue weighted by molar-refractivity contribution is -0.102.